The average Bonchev–Trinajstić information content (AvgIpc) is 3.21. The summed E-state index contributed by atoms with van der Waals surface area (Å²) in [6, 6.07) is 8.15. The number of guanidine groups is 1. The summed E-state index contributed by atoms with van der Waals surface area (Å²) < 4.78 is 5.64. The minimum Gasteiger partial charge on any atom is -0.381 e. The predicted octanol–water partition coefficient (Wildman–Crippen LogP) is 4.82. The molecule has 1 aliphatic rings. The van der Waals surface area contributed by atoms with Crippen molar-refractivity contribution in [3.8, 4) is 0 Å². The number of hydrogen-bond donors (Lipinski definition) is 2. The number of halogens is 2. The van der Waals surface area contributed by atoms with Crippen molar-refractivity contribution in [1.82, 2.24) is 15.6 Å². The molecular weight excluding hydrogens is 531 g/mol. The molecule has 30 heavy (non-hydrogen) atoms. The van der Waals surface area contributed by atoms with Crippen LogP contribution in [0.3, 0.4) is 0 Å². The molecule has 0 bridgehead atoms. The zero-order valence-corrected chi connectivity index (χ0v) is 21.7. The largest absolute Gasteiger partial charge is 0.381 e. The van der Waals surface area contributed by atoms with Crippen molar-refractivity contribution in [2.24, 2.45) is 4.99 Å². The van der Waals surface area contributed by atoms with Gasteiger partial charge < -0.3 is 15.4 Å². The highest BCUT2D eigenvalue weighted by molar-refractivity contribution is 14.0. The first-order valence-electron chi connectivity index (χ1n) is 10.5. The molecule has 2 N–H and O–H groups in total. The summed E-state index contributed by atoms with van der Waals surface area (Å²) in [5.41, 5.74) is 1.10. The number of nitrogens with zero attached hydrogens (tertiary/aromatic N) is 2. The van der Waals surface area contributed by atoms with Crippen LogP contribution in [-0.2, 0) is 23.0 Å². The van der Waals surface area contributed by atoms with Gasteiger partial charge in [-0.3, -0.25) is 4.99 Å². The van der Waals surface area contributed by atoms with E-state index in [4.69, 9.17) is 21.3 Å². The van der Waals surface area contributed by atoms with Crippen LogP contribution in [0.4, 0.5) is 0 Å². The normalized spacial score (nSPS) is 16.0. The molecule has 1 saturated heterocycles. The third kappa shape index (κ3) is 6.80. The summed E-state index contributed by atoms with van der Waals surface area (Å²) in [5, 5.41) is 8.81. The number of rotatable bonds is 8. The Bertz CT molecular complexity index is 808. The number of benzene rings is 1. The lowest BCUT2D eigenvalue weighted by Gasteiger charge is -2.37. The van der Waals surface area contributed by atoms with Gasteiger partial charge in [-0.15, -0.1) is 35.3 Å². The summed E-state index contributed by atoms with van der Waals surface area (Å²) in [6.45, 7) is 8.06. The molecule has 8 heteroatoms. The van der Waals surface area contributed by atoms with Crippen LogP contribution in [0.15, 0.2) is 35.5 Å². The van der Waals surface area contributed by atoms with Crippen LogP contribution in [-0.4, -0.2) is 43.8 Å². The first kappa shape index (κ1) is 25.4. The monoisotopic (exact) mass is 562 g/mol. The minimum absolute atomic E-state index is 0. The van der Waals surface area contributed by atoms with Crippen molar-refractivity contribution in [2.75, 3.05) is 32.8 Å². The third-order valence-corrected chi connectivity index (χ3v) is 6.89. The van der Waals surface area contributed by atoms with Crippen molar-refractivity contribution in [3.63, 3.8) is 0 Å². The second-order valence-corrected chi connectivity index (χ2v) is 8.93. The number of nitrogens with one attached hydrogen (secondary N) is 2. The summed E-state index contributed by atoms with van der Waals surface area (Å²) >= 11 is 8.35. The van der Waals surface area contributed by atoms with E-state index in [0.29, 0.717) is 6.54 Å². The van der Waals surface area contributed by atoms with E-state index < -0.39 is 0 Å². The fourth-order valence-electron chi connectivity index (χ4n) is 3.65. The smallest absolute Gasteiger partial charge is 0.191 e. The highest BCUT2D eigenvalue weighted by Gasteiger charge is 2.36. The van der Waals surface area contributed by atoms with Crippen LogP contribution in [0.5, 0.6) is 0 Å². The van der Waals surface area contributed by atoms with Crippen LogP contribution in [0, 0.1) is 0 Å². The zero-order valence-electron chi connectivity index (χ0n) is 17.7. The van der Waals surface area contributed by atoms with Crippen LogP contribution >= 0.6 is 46.9 Å². The standard InChI is InChI=1S/C22H31ClN4OS.HI/c1-3-17-15-26-20(29-17)9-12-25-21(24-4-2)27-16-22(10-13-28-14-11-22)18-7-5-6-8-19(18)23;/h5-8,15H,3-4,9-14,16H2,1-2H3,(H2,24,25,27);1H. The number of ether oxygens (including phenoxy) is 1. The molecule has 0 amide bonds. The number of thiazole rings is 1. The third-order valence-electron chi connectivity index (χ3n) is 5.36. The van der Waals surface area contributed by atoms with Gasteiger partial charge in [0, 0.05) is 54.2 Å². The average molecular weight is 563 g/mol. The molecule has 1 aromatic heterocycles. The minimum atomic E-state index is -0.0791. The predicted molar refractivity (Wildman–Crippen MR) is 138 cm³/mol. The number of aryl methyl sites for hydroxylation is 1. The Morgan fingerprint density at radius 2 is 2.00 bits per heavy atom. The van der Waals surface area contributed by atoms with Gasteiger partial charge in [-0.1, -0.05) is 36.7 Å². The Balaban J connectivity index is 0.00000320. The lowest BCUT2D eigenvalue weighted by atomic mass is 9.74. The topological polar surface area (TPSA) is 58.5 Å². The molecular formula is C22H32ClIN4OS. The second-order valence-electron chi connectivity index (χ2n) is 7.32. The number of aliphatic imine (C=N–C) groups is 1. The number of aromatic nitrogens is 1. The van der Waals surface area contributed by atoms with Crippen molar-refractivity contribution in [3.05, 3.63) is 50.9 Å². The summed E-state index contributed by atoms with van der Waals surface area (Å²) in [6.07, 6.45) is 5.79. The second kappa shape index (κ2) is 12.8. The molecule has 3 rings (SSSR count). The highest BCUT2D eigenvalue weighted by atomic mass is 127. The van der Waals surface area contributed by atoms with Gasteiger partial charge in [0.15, 0.2) is 5.96 Å². The molecule has 0 unspecified atom stereocenters. The summed E-state index contributed by atoms with van der Waals surface area (Å²) in [7, 11) is 0. The van der Waals surface area contributed by atoms with Gasteiger partial charge in [-0.05, 0) is 37.8 Å². The van der Waals surface area contributed by atoms with E-state index in [1.54, 1.807) is 11.3 Å². The Labute approximate surface area is 206 Å². The number of hydrogen-bond acceptors (Lipinski definition) is 4. The molecule has 2 heterocycles. The van der Waals surface area contributed by atoms with Crippen molar-refractivity contribution >= 4 is 52.9 Å². The fraction of sp³-hybridized carbons (Fsp3) is 0.545. The Kier molecular flexibility index (Phi) is 10.8. The Morgan fingerprint density at radius 3 is 2.67 bits per heavy atom. The maximum absolute atomic E-state index is 6.56. The molecule has 0 spiro atoms. The van der Waals surface area contributed by atoms with Gasteiger partial charge >= 0.3 is 0 Å². The lowest BCUT2D eigenvalue weighted by Crippen LogP contribution is -2.42. The Hall–Kier alpha value is -0.900. The van der Waals surface area contributed by atoms with Crippen molar-refractivity contribution < 1.29 is 4.74 Å². The Morgan fingerprint density at radius 1 is 1.23 bits per heavy atom. The summed E-state index contributed by atoms with van der Waals surface area (Å²) in [4.78, 5) is 10.8. The van der Waals surface area contributed by atoms with E-state index in [1.807, 2.05) is 18.3 Å². The van der Waals surface area contributed by atoms with Crippen LogP contribution in [0.2, 0.25) is 5.02 Å². The van der Waals surface area contributed by atoms with Gasteiger partial charge in [-0.2, -0.15) is 0 Å². The van der Waals surface area contributed by atoms with Crippen molar-refractivity contribution in [1.29, 1.82) is 0 Å². The lowest BCUT2D eigenvalue weighted by molar-refractivity contribution is 0.0531. The summed E-state index contributed by atoms with van der Waals surface area (Å²) in [5.74, 6) is 0.845. The van der Waals surface area contributed by atoms with Crippen molar-refractivity contribution in [2.45, 2.75) is 44.9 Å². The maximum atomic E-state index is 6.56. The molecule has 0 aliphatic carbocycles. The van der Waals surface area contributed by atoms with Gasteiger partial charge in [0.05, 0.1) is 11.6 Å². The first-order valence-corrected chi connectivity index (χ1v) is 11.6. The quantitative estimate of drug-likeness (QED) is 0.275. The van der Waals surface area contributed by atoms with Crippen LogP contribution < -0.4 is 10.6 Å². The van der Waals surface area contributed by atoms with Crippen LogP contribution in [0.1, 0.15) is 42.1 Å². The molecule has 5 nitrogen and oxygen atoms in total. The van der Waals surface area contributed by atoms with E-state index in [1.165, 1.54) is 15.4 Å². The van der Waals surface area contributed by atoms with E-state index in [0.717, 1.165) is 63.0 Å². The highest BCUT2D eigenvalue weighted by Crippen LogP contribution is 2.38. The van der Waals surface area contributed by atoms with Gasteiger partial charge in [0.2, 0.25) is 0 Å². The molecule has 1 fully saturated rings. The molecule has 166 valence electrons. The van der Waals surface area contributed by atoms with E-state index >= 15 is 0 Å². The molecule has 0 atom stereocenters. The molecule has 1 aromatic carbocycles. The van der Waals surface area contributed by atoms with E-state index in [9.17, 15) is 0 Å². The zero-order chi connectivity index (χ0) is 20.5. The fourth-order valence-corrected chi connectivity index (χ4v) is 4.85. The first-order chi connectivity index (χ1) is 14.2. The molecule has 2 aromatic rings. The van der Waals surface area contributed by atoms with Gasteiger partial charge in [0.25, 0.3) is 0 Å². The molecule has 1 aliphatic heterocycles. The van der Waals surface area contributed by atoms with Gasteiger partial charge in [-0.25, -0.2) is 4.98 Å². The SMILES string of the molecule is CCNC(=NCC1(c2ccccc2Cl)CCOCC1)NCCc1ncc(CC)s1.I. The van der Waals surface area contributed by atoms with Gasteiger partial charge in [0.1, 0.15) is 0 Å². The van der Waals surface area contributed by atoms with Crippen LogP contribution in [0.25, 0.3) is 0 Å². The maximum Gasteiger partial charge on any atom is 0.191 e. The molecule has 0 saturated carbocycles. The van der Waals surface area contributed by atoms with E-state index in [-0.39, 0.29) is 29.4 Å². The van der Waals surface area contributed by atoms with E-state index in [2.05, 4.69) is 41.6 Å². The molecule has 0 radical (unpaired) electrons.